The van der Waals surface area contributed by atoms with Crippen molar-refractivity contribution in [1.82, 2.24) is 9.78 Å². The van der Waals surface area contributed by atoms with Gasteiger partial charge in [-0.1, -0.05) is 0 Å². The zero-order chi connectivity index (χ0) is 17.2. The Morgan fingerprint density at radius 1 is 1.21 bits per heavy atom. The molecule has 128 valence electrons. The Kier molecular flexibility index (Phi) is 4.57. The SMILES string of the molecule is Cn1ncc(NS(=O)(=O)c2ccc(OC3CCCC3)cc2)cc1=O. The highest BCUT2D eigenvalue weighted by atomic mass is 32.2. The van der Waals surface area contributed by atoms with Gasteiger partial charge in [0.1, 0.15) is 5.75 Å². The van der Waals surface area contributed by atoms with Gasteiger partial charge in [-0.15, -0.1) is 0 Å². The predicted octanol–water partition coefficient (Wildman–Crippen LogP) is 1.90. The molecule has 0 radical (unpaired) electrons. The van der Waals surface area contributed by atoms with Crippen LogP contribution in [0.15, 0.2) is 46.2 Å². The van der Waals surface area contributed by atoms with Gasteiger partial charge in [0.05, 0.1) is 22.9 Å². The smallest absolute Gasteiger partial charge is 0.268 e. The molecule has 1 heterocycles. The third-order valence-corrected chi connectivity index (χ3v) is 5.36. The molecule has 1 aliphatic carbocycles. The van der Waals surface area contributed by atoms with Crippen LogP contribution in [0.1, 0.15) is 25.7 Å². The van der Waals surface area contributed by atoms with Crippen LogP contribution in [0.5, 0.6) is 5.75 Å². The summed E-state index contributed by atoms with van der Waals surface area (Å²) in [6.07, 6.45) is 5.93. The lowest BCUT2D eigenvalue weighted by Gasteiger charge is -2.13. The zero-order valence-electron chi connectivity index (χ0n) is 13.3. The minimum atomic E-state index is -3.78. The number of hydrogen-bond donors (Lipinski definition) is 1. The van der Waals surface area contributed by atoms with Crippen LogP contribution < -0.4 is 15.0 Å². The number of ether oxygens (including phenoxy) is 1. The van der Waals surface area contributed by atoms with E-state index in [0.29, 0.717) is 5.75 Å². The van der Waals surface area contributed by atoms with Gasteiger partial charge in [0.15, 0.2) is 0 Å². The number of sulfonamides is 1. The zero-order valence-corrected chi connectivity index (χ0v) is 14.1. The number of hydrogen-bond acceptors (Lipinski definition) is 5. The van der Waals surface area contributed by atoms with Crippen LogP contribution in [-0.2, 0) is 17.1 Å². The summed E-state index contributed by atoms with van der Waals surface area (Å²) in [6, 6.07) is 7.45. The van der Waals surface area contributed by atoms with Crippen molar-refractivity contribution in [3.63, 3.8) is 0 Å². The van der Waals surface area contributed by atoms with E-state index in [1.54, 1.807) is 12.1 Å². The van der Waals surface area contributed by atoms with Gasteiger partial charge in [-0.05, 0) is 49.9 Å². The van der Waals surface area contributed by atoms with E-state index in [0.717, 1.165) is 17.5 Å². The summed E-state index contributed by atoms with van der Waals surface area (Å²) in [6.45, 7) is 0. The number of aryl methyl sites for hydroxylation is 1. The molecular weight excluding hydrogens is 330 g/mol. The van der Waals surface area contributed by atoms with Gasteiger partial charge in [-0.25, -0.2) is 13.1 Å². The van der Waals surface area contributed by atoms with Gasteiger partial charge in [0, 0.05) is 13.1 Å². The Bertz CT molecular complexity index is 869. The van der Waals surface area contributed by atoms with Crippen LogP contribution in [0, 0.1) is 0 Å². The van der Waals surface area contributed by atoms with Crippen molar-refractivity contribution in [1.29, 1.82) is 0 Å². The molecule has 0 atom stereocenters. The Morgan fingerprint density at radius 2 is 1.88 bits per heavy atom. The summed E-state index contributed by atoms with van der Waals surface area (Å²) in [4.78, 5) is 11.6. The highest BCUT2D eigenvalue weighted by Gasteiger charge is 2.18. The minimum Gasteiger partial charge on any atom is -0.490 e. The maximum Gasteiger partial charge on any atom is 0.268 e. The van der Waals surface area contributed by atoms with E-state index in [4.69, 9.17) is 4.74 Å². The monoisotopic (exact) mass is 349 g/mol. The van der Waals surface area contributed by atoms with E-state index in [-0.39, 0.29) is 16.7 Å². The molecule has 1 aliphatic rings. The van der Waals surface area contributed by atoms with Crippen LogP contribution in [0.25, 0.3) is 0 Å². The number of anilines is 1. The molecule has 3 rings (SSSR count). The molecule has 0 saturated heterocycles. The molecule has 0 spiro atoms. The first-order chi connectivity index (χ1) is 11.4. The molecule has 1 aromatic carbocycles. The van der Waals surface area contributed by atoms with Crippen LogP contribution in [0.4, 0.5) is 5.69 Å². The fourth-order valence-electron chi connectivity index (χ4n) is 2.64. The third kappa shape index (κ3) is 3.76. The second-order valence-corrected chi connectivity index (χ2v) is 7.49. The highest BCUT2D eigenvalue weighted by Crippen LogP contribution is 2.25. The third-order valence-electron chi connectivity index (χ3n) is 3.96. The van der Waals surface area contributed by atoms with E-state index in [1.165, 1.54) is 44.3 Å². The fourth-order valence-corrected chi connectivity index (χ4v) is 3.67. The van der Waals surface area contributed by atoms with Crippen LogP contribution in [-0.4, -0.2) is 24.3 Å². The Balaban J connectivity index is 1.74. The van der Waals surface area contributed by atoms with Gasteiger partial charge >= 0.3 is 0 Å². The van der Waals surface area contributed by atoms with E-state index in [2.05, 4.69) is 9.82 Å². The Hall–Kier alpha value is -2.35. The Morgan fingerprint density at radius 3 is 2.50 bits per heavy atom. The van der Waals surface area contributed by atoms with Gasteiger partial charge in [-0.3, -0.25) is 9.52 Å². The van der Waals surface area contributed by atoms with E-state index in [9.17, 15) is 13.2 Å². The molecule has 24 heavy (non-hydrogen) atoms. The number of nitrogens with one attached hydrogen (secondary N) is 1. The van der Waals surface area contributed by atoms with Crippen molar-refractivity contribution in [2.75, 3.05) is 4.72 Å². The molecular formula is C16H19N3O4S. The first-order valence-corrected chi connectivity index (χ1v) is 9.25. The standard InChI is InChI=1S/C16H19N3O4S/c1-19-16(20)10-12(11-17-19)18-24(21,22)15-8-6-14(7-9-15)23-13-4-2-3-5-13/h6-11,13,18H,2-5H2,1H3. The lowest BCUT2D eigenvalue weighted by molar-refractivity contribution is 0.210. The summed E-state index contributed by atoms with van der Waals surface area (Å²) in [5, 5.41) is 3.79. The number of nitrogens with zero attached hydrogens (tertiary/aromatic N) is 2. The van der Waals surface area contributed by atoms with Crippen molar-refractivity contribution < 1.29 is 13.2 Å². The highest BCUT2D eigenvalue weighted by molar-refractivity contribution is 7.92. The van der Waals surface area contributed by atoms with Crippen LogP contribution in [0.2, 0.25) is 0 Å². The van der Waals surface area contributed by atoms with Gasteiger partial charge in [0.25, 0.3) is 15.6 Å². The van der Waals surface area contributed by atoms with E-state index < -0.39 is 15.6 Å². The van der Waals surface area contributed by atoms with Gasteiger partial charge in [0.2, 0.25) is 0 Å². The summed E-state index contributed by atoms with van der Waals surface area (Å²) in [5.41, 5.74) is -0.264. The predicted molar refractivity (Wildman–Crippen MR) is 89.6 cm³/mol. The molecule has 0 unspecified atom stereocenters. The number of rotatable bonds is 5. The molecule has 0 bridgehead atoms. The summed E-state index contributed by atoms with van der Waals surface area (Å²) < 4.78 is 34.0. The van der Waals surface area contributed by atoms with Crippen molar-refractivity contribution in [3.05, 3.63) is 46.9 Å². The average molecular weight is 349 g/mol. The van der Waals surface area contributed by atoms with Gasteiger partial charge < -0.3 is 4.74 Å². The fraction of sp³-hybridized carbons (Fsp3) is 0.375. The molecule has 0 amide bonds. The normalized spacial score (nSPS) is 15.4. The van der Waals surface area contributed by atoms with Crippen LogP contribution >= 0.6 is 0 Å². The van der Waals surface area contributed by atoms with E-state index in [1.807, 2.05) is 0 Å². The number of benzene rings is 1. The average Bonchev–Trinajstić information content (AvgIpc) is 3.04. The first-order valence-electron chi connectivity index (χ1n) is 7.77. The summed E-state index contributed by atoms with van der Waals surface area (Å²) in [5.74, 6) is 0.663. The van der Waals surface area contributed by atoms with Gasteiger partial charge in [-0.2, -0.15) is 5.10 Å². The van der Waals surface area contributed by atoms with Crippen molar-refractivity contribution in [2.45, 2.75) is 36.7 Å². The quantitative estimate of drug-likeness (QED) is 0.890. The van der Waals surface area contributed by atoms with Crippen LogP contribution in [0.3, 0.4) is 0 Å². The molecule has 1 N–H and O–H groups in total. The summed E-state index contributed by atoms with van der Waals surface area (Å²) in [7, 11) is -2.29. The topological polar surface area (TPSA) is 90.3 Å². The van der Waals surface area contributed by atoms with Crippen molar-refractivity contribution >= 4 is 15.7 Å². The molecule has 7 nitrogen and oxygen atoms in total. The molecule has 0 aliphatic heterocycles. The second kappa shape index (κ2) is 6.64. The molecule has 1 saturated carbocycles. The Labute approximate surface area is 140 Å². The van der Waals surface area contributed by atoms with E-state index >= 15 is 0 Å². The first kappa shape index (κ1) is 16.5. The van der Waals surface area contributed by atoms with Crippen molar-refractivity contribution in [2.24, 2.45) is 7.05 Å². The minimum absolute atomic E-state index is 0.0990. The lowest BCUT2D eigenvalue weighted by atomic mass is 10.3. The second-order valence-electron chi connectivity index (χ2n) is 5.81. The molecule has 8 heteroatoms. The van der Waals surface area contributed by atoms with Crippen molar-refractivity contribution in [3.8, 4) is 5.75 Å². The number of aromatic nitrogens is 2. The largest absolute Gasteiger partial charge is 0.490 e. The maximum atomic E-state index is 12.4. The molecule has 2 aromatic rings. The molecule has 1 aromatic heterocycles. The molecule has 1 fully saturated rings. The lowest BCUT2D eigenvalue weighted by Crippen LogP contribution is -2.21. The summed E-state index contributed by atoms with van der Waals surface area (Å²) >= 11 is 0. The maximum absolute atomic E-state index is 12.4.